The number of ether oxygens (including phenoxy) is 2. The van der Waals surface area contributed by atoms with Crippen molar-refractivity contribution in [1.29, 1.82) is 0 Å². The van der Waals surface area contributed by atoms with E-state index < -0.39 is 36.8 Å². The number of rotatable bonds is 8. The number of carbonyl (C=O) groups is 2. The molecule has 1 heterocycles. The lowest BCUT2D eigenvalue weighted by Crippen LogP contribution is -2.71. The first-order valence-electron chi connectivity index (χ1n) is 8.43. The number of thiocarbonyl (C=S) groups is 1. The average molecular weight is 513 g/mol. The minimum absolute atomic E-state index is 0.0356. The highest BCUT2D eigenvalue weighted by Gasteiger charge is 2.56. The summed E-state index contributed by atoms with van der Waals surface area (Å²) in [6.07, 6.45) is 0.443. The Hall–Kier alpha value is 0.617. The first kappa shape index (κ1) is 25.7. The van der Waals surface area contributed by atoms with E-state index in [1.165, 1.54) is 11.8 Å². The maximum Gasteiger partial charge on any atom is 0.508 e. The van der Waals surface area contributed by atoms with Gasteiger partial charge in [0.25, 0.3) is 0 Å². The van der Waals surface area contributed by atoms with Crippen LogP contribution in [-0.4, -0.2) is 50.3 Å². The molecule has 3 atom stereocenters. The number of nitrogens with zero attached hydrogens (tertiary/aromatic N) is 1. The first-order valence-corrected chi connectivity index (χ1v) is 14.5. The lowest BCUT2D eigenvalue weighted by Gasteiger charge is -2.55. The molecule has 0 saturated carbocycles. The molecule has 0 aromatic carbocycles. The van der Waals surface area contributed by atoms with Crippen molar-refractivity contribution < 1.29 is 19.1 Å². The van der Waals surface area contributed by atoms with Gasteiger partial charge in [-0.1, -0.05) is 91.6 Å². The number of halogens is 3. The molecule has 156 valence electrons. The quantitative estimate of drug-likeness (QED) is 0.113. The molecule has 12 heteroatoms. The van der Waals surface area contributed by atoms with E-state index in [1.54, 1.807) is 6.92 Å². The molecule has 0 aliphatic carbocycles. The molecule has 5 nitrogen and oxygen atoms in total. The summed E-state index contributed by atoms with van der Waals surface area (Å²) in [5.74, 6) is -0.555. The lowest BCUT2D eigenvalue weighted by molar-refractivity contribution is -0.149. The van der Waals surface area contributed by atoms with Gasteiger partial charge in [0.2, 0.25) is 9.70 Å². The fraction of sp³-hybridized carbons (Fsp3) is 0.800. The summed E-state index contributed by atoms with van der Waals surface area (Å²) >= 11 is 27.3. The third-order valence-electron chi connectivity index (χ3n) is 4.24. The molecular formula is C15H24Cl3NO4S3Si. The largest absolute Gasteiger partial charge is 0.508 e. The minimum Gasteiger partial charge on any atom is -0.430 e. The number of hydrogen-bond donors (Lipinski definition) is 1. The van der Waals surface area contributed by atoms with Crippen molar-refractivity contribution in [3.05, 3.63) is 0 Å². The van der Waals surface area contributed by atoms with Crippen LogP contribution in [0.2, 0.25) is 19.1 Å². The second kappa shape index (κ2) is 10.6. The topological polar surface area (TPSA) is 55.8 Å². The van der Waals surface area contributed by atoms with Crippen molar-refractivity contribution in [2.24, 2.45) is 5.92 Å². The molecule has 0 bridgehead atoms. The van der Waals surface area contributed by atoms with Gasteiger partial charge in [0, 0.05) is 0 Å². The minimum atomic E-state index is -1.96. The molecule has 0 N–H and O–H groups in total. The summed E-state index contributed by atoms with van der Waals surface area (Å²) in [4.78, 5) is 24.7. The van der Waals surface area contributed by atoms with Gasteiger partial charge in [0.15, 0.2) is 8.24 Å². The molecule has 0 aromatic rings. The summed E-state index contributed by atoms with van der Waals surface area (Å²) in [6.45, 7) is 7.65. The molecule has 1 fully saturated rings. The van der Waals surface area contributed by atoms with Crippen molar-refractivity contribution in [2.75, 3.05) is 6.61 Å². The molecule has 27 heavy (non-hydrogen) atoms. The number of hydrogen-bond acceptors (Lipinski definition) is 6. The fourth-order valence-corrected chi connectivity index (χ4v) is 8.67. The highest BCUT2D eigenvalue weighted by Crippen LogP contribution is 2.44. The van der Waals surface area contributed by atoms with Crippen LogP contribution in [0.15, 0.2) is 0 Å². The molecule has 1 aliphatic heterocycles. The van der Waals surface area contributed by atoms with E-state index in [0.29, 0.717) is 3.53 Å². The van der Waals surface area contributed by atoms with Crippen LogP contribution in [0.25, 0.3) is 0 Å². The SMILES string of the molecule is CCCC[Si](C)(C)N1C(=O)C(C(C)OC(=O)OCC(Cl)(Cl)Cl)C1SC(=S)S. The van der Waals surface area contributed by atoms with Gasteiger partial charge in [0.05, 0.1) is 5.37 Å². The summed E-state index contributed by atoms with van der Waals surface area (Å²) < 4.78 is 10.6. The van der Waals surface area contributed by atoms with E-state index in [4.69, 9.17) is 56.5 Å². The number of thioether (sulfide) groups is 1. The summed E-state index contributed by atoms with van der Waals surface area (Å²) in [6, 6.07) is 0.999. The van der Waals surface area contributed by atoms with Gasteiger partial charge in [-0.3, -0.25) is 4.79 Å². The zero-order valence-electron chi connectivity index (χ0n) is 15.5. The van der Waals surface area contributed by atoms with Gasteiger partial charge in [0.1, 0.15) is 22.2 Å². The molecule has 0 aromatic heterocycles. The Morgan fingerprint density at radius 1 is 1.44 bits per heavy atom. The van der Waals surface area contributed by atoms with Crippen molar-refractivity contribution >= 4 is 95.2 Å². The van der Waals surface area contributed by atoms with Crippen molar-refractivity contribution in [3.8, 4) is 0 Å². The zero-order chi connectivity index (χ0) is 21.0. The van der Waals surface area contributed by atoms with Gasteiger partial charge in [-0.2, -0.15) is 0 Å². The standard InChI is InChI=1S/C15H24Cl3NO4S3Si/c1-5-6-7-27(3,4)19-11(20)10(12(19)26-14(24)25)9(2)23-13(21)22-8-15(16,17)18/h9-10,12H,5-8H2,1-4H3,(H,24,25). The van der Waals surface area contributed by atoms with Crippen LogP contribution in [0.3, 0.4) is 0 Å². The number of unbranched alkanes of at least 4 members (excludes halogenated alkanes) is 1. The number of alkyl halides is 3. The van der Waals surface area contributed by atoms with E-state index in [-0.39, 0.29) is 11.3 Å². The van der Waals surface area contributed by atoms with Crippen molar-refractivity contribution in [2.45, 2.75) is 61.1 Å². The summed E-state index contributed by atoms with van der Waals surface area (Å²) in [7, 11) is -1.96. The molecule has 1 amide bonds. The van der Waals surface area contributed by atoms with Crippen LogP contribution in [0.1, 0.15) is 26.7 Å². The fourth-order valence-electron chi connectivity index (χ4n) is 2.92. The molecule has 1 aliphatic rings. The Morgan fingerprint density at radius 3 is 2.52 bits per heavy atom. The Morgan fingerprint density at radius 2 is 2.04 bits per heavy atom. The maximum absolute atomic E-state index is 12.9. The molecule has 0 radical (unpaired) electrons. The molecule has 1 saturated heterocycles. The normalized spacial score (nSPS) is 21.5. The number of β-lactam (4-membered cyclic amide) rings is 1. The summed E-state index contributed by atoms with van der Waals surface area (Å²) in [5.41, 5.74) is 0. The first-order chi connectivity index (χ1) is 12.3. The Bertz CT molecular complexity index is 577. The lowest BCUT2D eigenvalue weighted by atomic mass is 9.95. The van der Waals surface area contributed by atoms with Crippen LogP contribution in [0.4, 0.5) is 4.79 Å². The van der Waals surface area contributed by atoms with E-state index in [2.05, 4.69) is 32.6 Å². The van der Waals surface area contributed by atoms with Crippen molar-refractivity contribution in [1.82, 2.24) is 4.57 Å². The number of thiol groups is 1. The number of carbonyl (C=O) groups excluding carboxylic acids is 2. The third-order valence-corrected chi connectivity index (χ3v) is 9.69. The Kier molecular flexibility index (Phi) is 10.1. The van der Waals surface area contributed by atoms with Gasteiger partial charge in [-0.15, -0.1) is 12.6 Å². The highest BCUT2D eigenvalue weighted by molar-refractivity contribution is 8.41. The molecule has 1 rings (SSSR count). The Labute approximate surface area is 191 Å². The summed E-state index contributed by atoms with van der Waals surface area (Å²) in [5, 5.41) is -0.211. The van der Waals surface area contributed by atoms with Crippen LogP contribution in [0, 0.1) is 5.92 Å². The predicted molar refractivity (Wildman–Crippen MR) is 123 cm³/mol. The van der Waals surface area contributed by atoms with Crippen LogP contribution >= 0.6 is 71.4 Å². The average Bonchev–Trinajstić information content (AvgIpc) is 2.49. The van der Waals surface area contributed by atoms with Gasteiger partial charge in [-0.25, -0.2) is 4.79 Å². The van der Waals surface area contributed by atoms with Gasteiger partial charge in [-0.05, 0) is 13.0 Å². The molecule has 0 spiro atoms. The van der Waals surface area contributed by atoms with E-state index >= 15 is 0 Å². The molecular weight excluding hydrogens is 489 g/mol. The monoisotopic (exact) mass is 511 g/mol. The van der Waals surface area contributed by atoms with Gasteiger partial charge >= 0.3 is 6.16 Å². The maximum atomic E-state index is 12.9. The van der Waals surface area contributed by atoms with E-state index in [9.17, 15) is 9.59 Å². The third kappa shape index (κ3) is 7.75. The van der Waals surface area contributed by atoms with Gasteiger partial charge < -0.3 is 14.0 Å². The predicted octanol–water partition coefficient (Wildman–Crippen LogP) is 5.64. The number of amides is 1. The smallest absolute Gasteiger partial charge is 0.430 e. The highest BCUT2D eigenvalue weighted by atomic mass is 35.6. The second-order valence-electron chi connectivity index (χ2n) is 6.90. The molecule has 3 unspecified atom stereocenters. The zero-order valence-corrected chi connectivity index (χ0v) is 21.3. The van der Waals surface area contributed by atoms with Crippen LogP contribution < -0.4 is 0 Å². The van der Waals surface area contributed by atoms with Crippen molar-refractivity contribution in [3.63, 3.8) is 0 Å². The van der Waals surface area contributed by atoms with E-state index in [0.717, 1.165) is 18.9 Å². The van der Waals surface area contributed by atoms with Crippen LogP contribution in [-0.2, 0) is 14.3 Å². The Balaban J connectivity index is 2.82. The van der Waals surface area contributed by atoms with E-state index in [1.807, 2.05) is 4.57 Å². The van der Waals surface area contributed by atoms with Crippen LogP contribution in [0.5, 0.6) is 0 Å². The second-order valence-corrected chi connectivity index (χ2v) is 16.9.